The fourth-order valence-electron chi connectivity index (χ4n) is 0.929. The van der Waals surface area contributed by atoms with Gasteiger partial charge in [-0.2, -0.15) is 5.10 Å². The van der Waals surface area contributed by atoms with Crippen LogP contribution in [0.25, 0.3) is 0 Å². The molecule has 1 aromatic carbocycles. The molecule has 1 rings (SSSR count). The van der Waals surface area contributed by atoms with E-state index in [2.05, 4.69) is 21.0 Å². The van der Waals surface area contributed by atoms with Crippen LogP contribution in [-0.2, 0) is 0 Å². The number of aromatic hydroxyl groups is 1. The smallest absolute Gasteiger partial charge is 0.166 e. The number of phenols is 1. The topological polar surface area (TPSA) is 67.8 Å². The number of nitrogens with two attached hydrogens (primary N) is 1. The van der Waals surface area contributed by atoms with Gasteiger partial charge in [0.25, 0.3) is 0 Å². The van der Waals surface area contributed by atoms with E-state index in [1.165, 1.54) is 13.3 Å². The highest BCUT2D eigenvalue weighted by molar-refractivity contribution is 9.10. The summed E-state index contributed by atoms with van der Waals surface area (Å²) in [6, 6.07) is 3.34. The number of ether oxygens (including phenoxy) is 1. The first kappa shape index (κ1) is 9.85. The van der Waals surface area contributed by atoms with E-state index in [1.807, 2.05) is 0 Å². The summed E-state index contributed by atoms with van der Waals surface area (Å²) in [7, 11) is 1.48. The number of hydrogen-bond donors (Lipinski definition) is 2. The summed E-state index contributed by atoms with van der Waals surface area (Å²) in [6.45, 7) is 0. The van der Waals surface area contributed by atoms with Crippen molar-refractivity contribution in [1.29, 1.82) is 0 Å². The Labute approximate surface area is 84.1 Å². The minimum absolute atomic E-state index is 0.0277. The molecule has 0 aliphatic rings. The molecule has 0 unspecified atom stereocenters. The second kappa shape index (κ2) is 4.13. The fraction of sp³-hybridized carbons (Fsp3) is 0.125. The summed E-state index contributed by atoms with van der Waals surface area (Å²) in [5.74, 6) is 5.38. The van der Waals surface area contributed by atoms with Gasteiger partial charge in [0.15, 0.2) is 11.5 Å². The van der Waals surface area contributed by atoms with Gasteiger partial charge in [-0.05, 0) is 12.1 Å². The van der Waals surface area contributed by atoms with Gasteiger partial charge in [-0.3, -0.25) is 0 Å². The maximum Gasteiger partial charge on any atom is 0.166 e. The molecule has 4 nitrogen and oxygen atoms in total. The Balaban J connectivity index is 3.26. The summed E-state index contributed by atoms with van der Waals surface area (Å²) < 4.78 is 5.72. The van der Waals surface area contributed by atoms with Crippen molar-refractivity contribution in [2.75, 3.05) is 7.11 Å². The van der Waals surface area contributed by atoms with Gasteiger partial charge in [-0.25, -0.2) is 0 Å². The van der Waals surface area contributed by atoms with Gasteiger partial charge in [0.1, 0.15) is 0 Å². The van der Waals surface area contributed by atoms with Crippen LogP contribution >= 0.6 is 15.9 Å². The van der Waals surface area contributed by atoms with E-state index in [4.69, 9.17) is 10.6 Å². The molecule has 0 amide bonds. The molecular weight excluding hydrogens is 236 g/mol. The van der Waals surface area contributed by atoms with Crippen LogP contribution in [0.15, 0.2) is 21.7 Å². The van der Waals surface area contributed by atoms with Gasteiger partial charge < -0.3 is 15.7 Å². The van der Waals surface area contributed by atoms with Crippen molar-refractivity contribution in [3.63, 3.8) is 0 Å². The maximum atomic E-state index is 9.55. The molecule has 5 heteroatoms. The predicted molar refractivity (Wildman–Crippen MR) is 54.1 cm³/mol. The largest absolute Gasteiger partial charge is 0.504 e. The highest BCUT2D eigenvalue weighted by Crippen LogP contribution is 2.32. The second-order valence-corrected chi connectivity index (χ2v) is 3.24. The van der Waals surface area contributed by atoms with Crippen LogP contribution in [0.1, 0.15) is 5.56 Å². The molecule has 13 heavy (non-hydrogen) atoms. The number of hydrogen-bond acceptors (Lipinski definition) is 4. The average Bonchev–Trinajstić information content (AvgIpc) is 2.11. The van der Waals surface area contributed by atoms with Crippen LogP contribution < -0.4 is 10.6 Å². The molecule has 0 aliphatic carbocycles. The number of methoxy groups -OCH3 is 1. The van der Waals surface area contributed by atoms with Crippen molar-refractivity contribution in [1.82, 2.24) is 0 Å². The molecule has 1 aromatic rings. The molecular formula is C8H9BrN2O2. The van der Waals surface area contributed by atoms with E-state index in [1.54, 1.807) is 12.1 Å². The van der Waals surface area contributed by atoms with Gasteiger partial charge in [0.05, 0.1) is 13.3 Å². The third-order valence-corrected chi connectivity index (χ3v) is 1.96. The molecule has 0 aliphatic heterocycles. The van der Waals surface area contributed by atoms with Crippen molar-refractivity contribution >= 4 is 22.1 Å². The van der Waals surface area contributed by atoms with Crippen LogP contribution in [0.3, 0.4) is 0 Å². The SMILES string of the molecule is COc1cc(Br)cc(C=NN)c1O. The quantitative estimate of drug-likeness (QED) is 0.470. The number of nitrogens with zero attached hydrogens (tertiary/aromatic N) is 1. The molecule has 0 saturated carbocycles. The monoisotopic (exact) mass is 244 g/mol. The first-order valence-electron chi connectivity index (χ1n) is 3.48. The van der Waals surface area contributed by atoms with Gasteiger partial charge in [0, 0.05) is 10.0 Å². The fourth-order valence-corrected chi connectivity index (χ4v) is 1.38. The number of halogens is 1. The van der Waals surface area contributed by atoms with Crippen LogP contribution in [-0.4, -0.2) is 18.4 Å². The van der Waals surface area contributed by atoms with Crippen LogP contribution in [0.5, 0.6) is 11.5 Å². The minimum atomic E-state index is 0.0277. The summed E-state index contributed by atoms with van der Waals surface area (Å²) in [5.41, 5.74) is 0.508. The van der Waals surface area contributed by atoms with Crippen molar-refractivity contribution < 1.29 is 9.84 Å². The molecule has 0 bridgehead atoms. The van der Waals surface area contributed by atoms with E-state index in [9.17, 15) is 5.11 Å². The third kappa shape index (κ3) is 2.12. The Kier molecular flexibility index (Phi) is 3.13. The number of phenolic OH excluding ortho intramolecular Hbond substituents is 1. The Morgan fingerprint density at radius 3 is 2.85 bits per heavy atom. The number of rotatable bonds is 2. The van der Waals surface area contributed by atoms with E-state index in [-0.39, 0.29) is 5.75 Å². The Morgan fingerprint density at radius 1 is 1.62 bits per heavy atom. The zero-order chi connectivity index (χ0) is 9.84. The summed E-state index contributed by atoms with van der Waals surface area (Å²) in [4.78, 5) is 0. The number of hydrazone groups is 1. The highest BCUT2D eigenvalue weighted by Gasteiger charge is 2.07. The maximum absolute atomic E-state index is 9.55. The molecule has 70 valence electrons. The molecule has 0 atom stereocenters. The first-order valence-corrected chi connectivity index (χ1v) is 4.28. The van der Waals surface area contributed by atoms with E-state index in [0.717, 1.165) is 4.47 Å². The summed E-state index contributed by atoms with van der Waals surface area (Å²) in [6.07, 6.45) is 1.35. The Hall–Kier alpha value is -1.23. The van der Waals surface area contributed by atoms with Gasteiger partial charge in [0.2, 0.25) is 0 Å². The molecule has 0 spiro atoms. The number of benzene rings is 1. The lowest BCUT2D eigenvalue weighted by molar-refractivity contribution is 0.373. The second-order valence-electron chi connectivity index (χ2n) is 2.32. The summed E-state index contributed by atoms with van der Waals surface area (Å²) >= 11 is 3.26. The van der Waals surface area contributed by atoms with Crippen LogP contribution in [0.4, 0.5) is 0 Å². The van der Waals surface area contributed by atoms with Crippen molar-refractivity contribution in [2.24, 2.45) is 10.9 Å². The highest BCUT2D eigenvalue weighted by atomic mass is 79.9. The first-order chi connectivity index (χ1) is 6.19. The Morgan fingerprint density at radius 2 is 2.31 bits per heavy atom. The average molecular weight is 245 g/mol. The lowest BCUT2D eigenvalue weighted by Crippen LogP contribution is -1.91. The molecule has 0 fully saturated rings. The third-order valence-electron chi connectivity index (χ3n) is 1.50. The molecule has 3 N–H and O–H groups in total. The minimum Gasteiger partial charge on any atom is -0.504 e. The summed E-state index contributed by atoms with van der Waals surface area (Å²) in [5, 5.41) is 12.9. The normalized spacial score (nSPS) is 10.6. The molecule has 0 aromatic heterocycles. The van der Waals surface area contributed by atoms with Crippen molar-refractivity contribution in [3.8, 4) is 11.5 Å². The predicted octanol–water partition coefficient (Wildman–Crippen LogP) is 1.46. The van der Waals surface area contributed by atoms with Crippen LogP contribution in [0, 0.1) is 0 Å². The lowest BCUT2D eigenvalue weighted by atomic mass is 10.2. The van der Waals surface area contributed by atoms with E-state index in [0.29, 0.717) is 11.3 Å². The molecule has 0 radical (unpaired) electrons. The molecule has 0 heterocycles. The molecule has 0 saturated heterocycles. The zero-order valence-corrected chi connectivity index (χ0v) is 8.58. The van der Waals surface area contributed by atoms with E-state index >= 15 is 0 Å². The van der Waals surface area contributed by atoms with Gasteiger partial charge in [-0.1, -0.05) is 15.9 Å². The van der Waals surface area contributed by atoms with Gasteiger partial charge in [-0.15, -0.1) is 0 Å². The zero-order valence-electron chi connectivity index (χ0n) is 6.99. The Bertz CT molecular complexity index is 339. The van der Waals surface area contributed by atoms with Crippen molar-refractivity contribution in [2.45, 2.75) is 0 Å². The van der Waals surface area contributed by atoms with Crippen molar-refractivity contribution in [3.05, 3.63) is 22.2 Å². The van der Waals surface area contributed by atoms with Gasteiger partial charge >= 0.3 is 0 Å². The van der Waals surface area contributed by atoms with E-state index < -0.39 is 0 Å². The van der Waals surface area contributed by atoms with Crippen LogP contribution in [0.2, 0.25) is 0 Å². The standard InChI is InChI=1S/C8H9BrN2O2/c1-13-7-3-6(9)2-5(4-11-10)8(7)12/h2-4,12H,10H2,1H3. The lowest BCUT2D eigenvalue weighted by Gasteiger charge is -2.06.